The van der Waals surface area contributed by atoms with Crippen LogP contribution in [0.3, 0.4) is 0 Å². The second kappa shape index (κ2) is 7.31. The van der Waals surface area contributed by atoms with E-state index in [1.807, 2.05) is 36.4 Å². The van der Waals surface area contributed by atoms with Crippen molar-refractivity contribution in [2.75, 3.05) is 21.3 Å². The highest BCUT2D eigenvalue weighted by molar-refractivity contribution is 5.91. The molecule has 0 N–H and O–H groups in total. The summed E-state index contributed by atoms with van der Waals surface area (Å²) >= 11 is 0. The van der Waals surface area contributed by atoms with Crippen LogP contribution in [0.1, 0.15) is 21.5 Å². The normalized spacial score (nSPS) is 10.5. The summed E-state index contributed by atoms with van der Waals surface area (Å²) in [6, 6.07) is 12.8. The summed E-state index contributed by atoms with van der Waals surface area (Å²) in [5.41, 5.74) is 2.31. The predicted molar refractivity (Wildman–Crippen MR) is 86.3 cm³/mol. The van der Waals surface area contributed by atoms with Gasteiger partial charge < -0.3 is 14.2 Å². The molecule has 0 saturated heterocycles. The maximum absolute atomic E-state index is 11.6. The molecule has 0 bridgehead atoms. The first-order chi connectivity index (χ1) is 10.7. The number of methoxy groups -OCH3 is 3. The van der Waals surface area contributed by atoms with E-state index in [-0.39, 0.29) is 5.97 Å². The number of benzene rings is 2. The van der Waals surface area contributed by atoms with E-state index in [4.69, 9.17) is 14.2 Å². The summed E-state index contributed by atoms with van der Waals surface area (Å²) in [6.07, 6.45) is 3.84. The van der Waals surface area contributed by atoms with Crippen LogP contribution in [0.4, 0.5) is 0 Å². The Morgan fingerprint density at radius 3 is 2.23 bits per heavy atom. The molecule has 0 fully saturated rings. The Bertz CT molecular complexity index is 672. The number of carbonyl (C=O) groups is 1. The molecule has 2 rings (SSSR count). The molecular formula is C18H18O4. The Morgan fingerprint density at radius 1 is 0.909 bits per heavy atom. The molecule has 22 heavy (non-hydrogen) atoms. The Morgan fingerprint density at radius 2 is 1.64 bits per heavy atom. The number of rotatable bonds is 5. The topological polar surface area (TPSA) is 44.8 Å². The van der Waals surface area contributed by atoms with Gasteiger partial charge in [0, 0.05) is 5.56 Å². The van der Waals surface area contributed by atoms with E-state index < -0.39 is 0 Å². The van der Waals surface area contributed by atoms with Crippen molar-refractivity contribution < 1.29 is 19.0 Å². The van der Waals surface area contributed by atoms with Crippen LogP contribution in [-0.4, -0.2) is 27.3 Å². The van der Waals surface area contributed by atoms with Crippen LogP contribution in [0.25, 0.3) is 12.2 Å². The molecule has 4 nitrogen and oxygen atoms in total. The first-order valence-corrected chi connectivity index (χ1v) is 6.76. The van der Waals surface area contributed by atoms with Crippen molar-refractivity contribution in [3.8, 4) is 11.5 Å². The summed E-state index contributed by atoms with van der Waals surface area (Å²) in [6.45, 7) is 0. The first kappa shape index (κ1) is 15.6. The van der Waals surface area contributed by atoms with E-state index in [0.717, 1.165) is 16.9 Å². The smallest absolute Gasteiger partial charge is 0.337 e. The largest absolute Gasteiger partial charge is 0.497 e. The summed E-state index contributed by atoms with van der Waals surface area (Å²) in [5.74, 6) is 1.13. The zero-order chi connectivity index (χ0) is 15.9. The molecule has 0 aliphatic carbocycles. The zero-order valence-corrected chi connectivity index (χ0v) is 12.8. The average Bonchev–Trinajstić information content (AvgIpc) is 2.59. The fourth-order valence-electron chi connectivity index (χ4n) is 2.01. The molecule has 0 aromatic heterocycles. The maximum atomic E-state index is 11.6. The minimum absolute atomic E-state index is 0.373. The van der Waals surface area contributed by atoms with Crippen LogP contribution in [0.15, 0.2) is 42.5 Å². The van der Waals surface area contributed by atoms with Gasteiger partial charge in [-0.3, -0.25) is 0 Å². The minimum atomic E-state index is -0.373. The lowest BCUT2D eigenvalue weighted by molar-refractivity contribution is 0.0600. The molecule has 0 heterocycles. The van der Waals surface area contributed by atoms with Crippen molar-refractivity contribution in [1.29, 1.82) is 0 Å². The summed E-state index contributed by atoms with van der Waals surface area (Å²) in [5, 5.41) is 0. The highest BCUT2D eigenvalue weighted by Crippen LogP contribution is 2.23. The van der Waals surface area contributed by atoms with Gasteiger partial charge in [0.15, 0.2) is 0 Å². The summed E-state index contributed by atoms with van der Waals surface area (Å²) < 4.78 is 15.2. The molecule has 114 valence electrons. The molecule has 0 atom stereocenters. The van der Waals surface area contributed by atoms with Gasteiger partial charge >= 0.3 is 5.97 Å². The molecule has 0 saturated carbocycles. The third-order valence-electron chi connectivity index (χ3n) is 3.22. The molecule has 0 aliphatic rings. The molecule has 2 aromatic rings. The molecule has 0 aliphatic heterocycles. The zero-order valence-electron chi connectivity index (χ0n) is 12.8. The third kappa shape index (κ3) is 3.67. The van der Waals surface area contributed by atoms with Gasteiger partial charge in [0.1, 0.15) is 11.5 Å². The van der Waals surface area contributed by atoms with Crippen molar-refractivity contribution in [2.45, 2.75) is 0 Å². The van der Waals surface area contributed by atoms with Crippen molar-refractivity contribution in [3.05, 3.63) is 59.2 Å². The lowest BCUT2D eigenvalue weighted by Crippen LogP contribution is -2.01. The maximum Gasteiger partial charge on any atom is 0.337 e. The van der Waals surface area contributed by atoms with E-state index >= 15 is 0 Å². The van der Waals surface area contributed by atoms with Crippen LogP contribution in [0, 0.1) is 0 Å². The van der Waals surface area contributed by atoms with Crippen molar-refractivity contribution in [2.24, 2.45) is 0 Å². The molecule has 0 radical (unpaired) electrons. The fourth-order valence-corrected chi connectivity index (χ4v) is 2.01. The van der Waals surface area contributed by atoms with Crippen LogP contribution in [0.5, 0.6) is 11.5 Å². The molecule has 0 amide bonds. The molecule has 0 spiro atoms. The molecule has 2 aromatic carbocycles. The van der Waals surface area contributed by atoms with Crippen LogP contribution in [0.2, 0.25) is 0 Å². The van der Waals surface area contributed by atoms with E-state index in [9.17, 15) is 4.79 Å². The molecule has 4 heteroatoms. The quantitative estimate of drug-likeness (QED) is 0.624. The van der Waals surface area contributed by atoms with Crippen LogP contribution in [-0.2, 0) is 4.74 Å². The lowest BCUT2D eigenvalue weighted by Gasteiger charge is -2.07. The Kier molecular flexibility index (Phi) is 5.20. The number of esters is 1. The minimum Gasteiger partial charge on any atom is -0.497 e. The van der Waals surface area contributed by atoms with E-state index in [0.29, 0.717) is 11.3 Å². The standard InChI is InChI=1S/C18H18O4/c1-20-16-9-5-13(6-10-16)4-7-14-12-15(18(19)22-3)8-11-17(14)21-2/h4-12H,1-3H3/b7-4+. The second-order valence-electron chi connectivity index (χ2n) is 4.55. The van der Waals surface area contributed by atoms with Gasteiger partial charge in [-0.05, 0) is 35.9 Å². The van der Waals surface area contributed by atoms with Crippen LogP contribution < -0.4 is 9.47 Å². The van der Waals surface area contributed by atoms with Gasteiger partial charge in [0.25, 0.3) is 0 Å². The van der Waals surface area contributed by atoms with Gasteiger partial charge in [-0.15, -0.1) is 0 Å². The van der Waals surface area contributed by atoms with Crippen molar-refractivity contribution in [1.82, 2.24) is 0 Å². The number of hydrogen-bond acceptors (Lipinski definition) is 4. The summed E-state index contributed by atoms with van der Waals surface area (Å²) in [4.78, 5) is 11.6. The highest BCUT2D eigenvalue weighted by Gasteiger charge is 2.08. The first-order valence-electron chi connectivity index (χ1n) is 6.76. The third-order valence-corrected chi connectivity index (χ3v) is 3.22. The highest BCUT2D eigenvalue weighted by atomic mass is 16.5. The Balaban J connectivity index is 2.29. The van der Waals surface area contributed by atoms with Crippen LogP contribution >= 0.6 is 0 Å². The van der Waals surface area contributed by atoms with Crippen molar-refractivity contribution in [3.63, 3.8) is 0 Å². The Labute approximate surface area is 129 Å². The summed E-state index contributed by atoms with van der Waals surface area (Å²) in [7, 11) is 4.59. The Hall–Kier alpha value is -2.75. The average molecular weight is 298 g/mol. The van der Waals surface area contributed by atoms with Gasteiger partial charge in [0.05, 0.1) is 26.9 Å². The van der Waals surface area contributed by atoms with E-state index in [1.54, 1.807) is 32.4 Å². The molecule has 0 unspecified atom stereocenters. The lowest BCUT2D eigenvalue weighted by atomic mass is 10.1. The fraction of sp³-hybridized carbons (Fsp3) is 0.167. The van der Waals surface area contributed by atoms with Gasteiger partial charge in [-0.25, -0.2) is 4.79 Å². The number of hydrogen-bond donors (Lipinski definition) is 0. The van der Waals surface area contributed by atoms with Gasteiger partial charge in [-0.2, -0.15) is 0 Å². The monoisotopic (exact) mass is 298 g/mol. The van der Waals surface area contributed by atoms with Crippen molar-refractivity contribution >= 4 is 18.1 Å². The number of carbonyl (C=O) groups excluding carboxylic acids is 1. The predicted octanol–water partition coefficient (Wildman–Crippen LogP) is 3.66. The van der Waals surface area contributed by atoms with E-state index in [1.165, 1.54) is 7.11 Å². The van der Waals surface area contributed by atoms with Gasteiger partial charge in [0.2, 0.25) is 0 Å². The number of ether oxygens (including phenoxy) is 3. The van der Waals surface area contributed by atoms with Gasteiger partial charge in [-0.1, -0.05) is 24.3 Å². The SMILES string of the molecule is COC(=O)c1ccc(OC)c(/C=C/c2ccc(OC)cc2)c1. The molecular weight excluding hydrogens is 280 g/mol. The second-order valence-corrected chi connectivity index (χ2v) is 4.55. The van der Waals surface area contributed by atoms with E-state index in [2.05, 4.69) is 0 Å².